The summed E-state index contributed by atoms with van der Waals surface area (Å²) in [4.78, 5) is 3.06. The van der Waals surface area contributed by atoms with Crippen molar-refractivity contribution in [2.45, 2.75) is 52.9 Å². The lowest BCUT2D eigenvalue weighted by atomic mass is 9.87. The summed E-state index contributed by atoms with van der Waals surface area (Å²) >= 11 is 1.99. The summed E-state index contributed by atoms with van der Waals surface area (Å²) in [5.74, 6) is 0.827. The van der Waals surface area contributed by atoms with E-state index in [0.717, 1.165) is 18.2 Å². The zero-order valence-corrected chi connectivity index (χ0v) is 12.8. The van der Waals surface area contributed by atoms with Crippen molar-refractivity contribution in [2.75, 3.05) is 6.54 Å². The number of hydrogen-bond acceptors (Lipinski definition) is 2. The van der Waals surface area contributed by atoms with Crippen LogP contribution in [-0.4, -0.2) is 6.54 Å². The Hall–Kier alpha value is -0.760. The average molecular weight is 263 g/mol. The normalized spacial score (nSPS) is 18.5. The molecular formula is C16H25NS. The number of aryl methyl sites for hydroxylation is 2. The molecule has 1 aliphatic rings. The molecule has 1 nitrogen and oxygen atoms in total. The van der Waals surface area contributed by atoms with Crippen LogP contribution < -0.4 is 5.32 Å². The number of nitrogens with one attached hydrogen (secondary N) is 1. The predicted octanol–water partition coefficient (Wildman–Crippen LogP) is 4.54. The zero-order chi connectivity index (χ0) is 13.1. The van der Waals surface area contributed by atoms with Crippen molar-refractivity contribution in [2.24, 2.45) is 5.92 Å². The topological polar surface area (TPSA) is 12.0 Å². The summed E-state index contributed by atoms with van der Waals surface area (Å²) in [7, 11) is 0. The summed E-state index contributed by atoms with van der Waals surface area (Å²) < 4.78 is 0. The minimum absolute atomic E-state index is 0.827. The van der Waals surface area contributed by atoms with Gasteiger partial charge in [0.1, 0.15) is 0 Å². The van der Waals surface area contributed by atoms with Gasteiger partial charge in [0, 0.05) is 27.6 Å². The number of unbranched alkanes of at least 4 members (excludes halogenated alkanes) is 1. The van der Waals surface area contributed by atoms with E-state index in [-0.39, 0.29) is 0 Å². The first-order valence-electron chi connectivity index (χ1n) is 7.17. The maximum absolute atomic E-state index is 4.26. The molecule has 0 amide bonds. The largest absolute Gasteiger partial charge is 0.385 e. The van der Waals surface area contributed by atoms with Gasteiger partial charge in [-0.2, -0.15) is 0 Å². The van der Waals surface area contributed by atoms with Crippen LogP contribution in [0.4, 0.5) is 0 Å². The minimum Gasteiger partial charge on any atom is -0.385 e. The maximum atomic E-state index is 4.26. The van der Waals surface area contributed by atoms with Crippen molar-refractivity contribution in [1.82, 2.24) is 5.32 Å². The Labute approximate surface area is 115 Å². The summed E-state index contributed by atoms with van der Waals surface area (Å²) in [6.07, 6.45) is 6.31. The van der Waals surface area contributed by atoms with Crippen LogP contribution in [0.25, 0.3) is 5.70 Å². The third-order valence-electron chi connectivity index (χ3n) is 3.85. The van der Waals surface area contributed by atoms with E-state index >= 15 is 0 Å². The lowest BCUT2D eigenvalue weighted by molar-refractivity contribution is 0.505. The first-order valence-corrected chi connectivity index (χ1v) is 7.99. The summed E-state index contributed by atoms with van der Waals surface area (Å²) in [5.41, 5.74) is 4.16. The summed E-state index contributed by atoms with van der Waals surface area (Å²) in [5, 5.41) is 3.50. The molecule has 2 heteroatoms. The SMILES string of the molecule is C=C(NCCCC)c1c(C)sc2c1CC(C)CC2. The molecule has 1 atom stereocenters. The molecule has 1 N–H and O–H groups in total. The quantitative estimate of drug-likeness (QED) is 0.769. The van der Waals surface area contributed by atoms with Crippen LogP contribution in [0.5, 0.6) is 0 Å². The fourth-order valence-electron chi connectivity index (χ4n) is 2.79. The van der Waals surface area contributed by atoms with Crippen molar-refractivity contribution >= 4 is 17.0 Å². The first kappa shape index (κ1) is 13.7. The van der Waals surface area contributed by atoms with Gasteiger partial charge in [-0.25, -0.2) is 0 Å². The second kappa shape index (κ2) is 5.92. The maximum Gasteiger partial charge on any atom is 0.0354 e. The second-order valence-corrected chi connectivity index (χ2v) is 6.85. The van der Waals surface area contributed by atoms with Gasteiger partial charge in [-0.05, 0) is 44.1 Å². The van der Waals surface area contributed by atoms with E-state index in [1.165, 1.54) is 42.5 Å². The Morgan fingerprint density at radius 2 is 2.28 bits per heavy atom. The molecule has 1 aromatic rings. The summed E-state index contributed by atoms with van der Waals surface area (Å²) in [6, 6.07) is 0. The standard InChI is InChI=1S/C16H25NS/c1-5-6-9-17-12(3)16-13(4)18-15-8-7-11(2)10-14(15)16/h11,17H,3,5-10H2,1-2,4H3. The minimum atomic E-state index is 0.827. The Morgan fingerprint density at radius 3 is 3.00 bits per heavy atom. The molecule has 0 aliphatic heterocycles. The lowest BCUT2D eigenvalue weighted by Gasteiger charge is -2.20. The van der Waals surface area contributed by atoms with Crippen molar-refractivity contribution in [3.05, 3.63) is 27.5 Å². The highest BCUT2D eigenvalue weighted by atomic mass is 32.1. The fourth-order valence-corrected chi connectivity index (χ4v) is 4.04. The second-order valence-electron chi connectivity index (χ2n) is 5.54. The highest BCUT2D eigenvalue weighted by Crippen LogP contribution is 2.38. The van der Waals surface area contributed by atoms with Gasteiger partial charge < -0.3 is 5.32 Å². The molecule has 0 radical (unpaired) electrons. The van der Waals surface area contributed by atoms with Crippen LogP contribution in [0.1, 0.15) is 54.0 Å². The van der Waals surface area contributed by atoms with E-state index in [4.69, 9.17) is 0 Å². The molecule has 0 bridgehead atoms. The van der Waals surface area contributed by atoms with Crippen LogP contribution in [0, 0.1) is 12.8 Å². The third kappa shape index (κ3) is 2.80. The highest BCUT2D eigenvalue weighted by Gasteiger charge is 2.23. The van der Waals surface area contributed by atoms with E-state index in [1.54, 1.807) is 10.4 Å². The molecule has 0 saturated carbocycles. The molecule has 18 heavy (non-hydrogen) atoms. The Balaban J connectivity index is 2.17. The van der Waals surface area contributed by atoms with Gasteiger partial charge in [0.15, 0.2) is 0 Å². The van der Waals surface area contributed by atoms with Crippen LogP contribution in [0.15, 0.2) is 6.58 Å². The van der Waals surface area contributed by atoms with Gasteiger partial charge in [0.05, 0.1) is 0 Å². The molecule has 1 aromatic heterocycles. The number of hydrogen-bond donors (Lipinski definition) is 1. The number of fused-ring (bicyclic) bond motifs is 1. The van der Waals surface area contributed by atoms with Crippen molar-refractivity contribution in [3.8, 4) is 0 Å². The van der Waals surface area contributed by atoms with Gasteiger partial charge in [0.2, 0.25) is 0 Å². The van der Waals surface area contributed by atoms with E-state index < -0.39 is 0 Å². The molecule has 2 rings (SSSR count). The van der Waals surface area contributed by atoms with Gasteiger partial charge >= 0.3 is 0 Å². The van der Waals surface area contributed by atoms with E-state index in [1.807, 2.05) is 11.3 Å². The van der Waals surface area contributed by atoms with Crippen LogP contribution >= 0.6 is 11.3 Å². The van der Waals surface area contributed by atoms with E-state index in [2.05, 4.69) is 32.7 Å². The van der Waals surface area contributed by atoms with E-state index in [0.29, 0.717) is 0 Å². The molecule has 100 valence electrons. The van der Waals surface area contributed by atoms with Crippen LogP contribution in [-0.2, 0) is 12.8 Å². The fraction of sp³-hybridized carbons (Fsp3) is 0.625. The molecule has 0 aromatic carbocycles. The lowest BCUT2D eigenvalue weighted by Crippen LogP contribution is -2.16. The molecule has 0 spiro atoms. The van der Waals surface area contributed by atoms with Crippen molar-refractivity contribution in [3.63, 3.8) is 0 Å². The number of thiophene rings is 1. The van der Waals surface area contributed by atoms with E-state index in [9.17, 15) is 0 Å². The predicted molar refractivity (Wildman–Crippen MR) is 82.2 cm³/mol. The smallest absolute Gasteiger partial charge is 0.0354 e. The Morgan fingerprint density at radius 1 is 1.50 bits per heavy atom. The van der Waals surface area contributed by atoms with Gasteiger partial charge in [-0.15, -0.1) is 11.3 Å². The Bertz CT molecular complexity index is 431. The monoisotopic (exact) mass is 263 g/mol. The zero-order valence-electron chi connectivity index (χ0n) is 11.9. The van der Waals surface area contributed by atoms with Crippen molar-refractivity contribution in [1.29, 1.82) is 0 Å². The average Bonchev–Trinajstić information content (AvgIpc) is 2.64. The van der Waals surface area contributed by atoms with Gasteiger partial charge in [0.25, 0.3) is 0 Å². The Kier molecular flexibility index (Phi) is 4.50. The molecule has 0 fully saturated rings. The van der Waals surface area contributed by atoms with Crippen LogP contribution in [0.2, 0.25) is 0 Å². The van der Waals surface area contributed by atoms with Gasteiger partial charge in [-0.1, -0.05) is 26.8 Å². The number of rotatable bonds is 5. The highest BCUT2D eigenvalue weighted by molar-refractivity contribution is 7.12. The summed E-state index contributed by atoms with van der Waals surface area (Å²) in [6.45, 7) is 12.1. The molecule has 0 saturated heterocycles. The first-order chi connectivity index (χ1) is 8.63. The molecule has 1 unspecified atom stereocenters. The third-order valence-corrected chi connectivity index (χ3v) is 5.06. The molecular weight excluding hydrogens is 238 g/mol. The molecule has 1 aliphatic carbocycles. The van der Waals surface area contributed by atoms with Gasteiger partial charge in [-0.3, -0.25) is 0 Å². The molecule has 1 heterocycles. The van der Waals surface area contributed by atoms with Crippen LogP contribution in [0.3, 0.4) is 0 Å². The van der Waals surface area contributed by atoms with Crippen molar-refractivity contribution < 1.29 is 0 Å².